The van der Waals surface area contributed by atoms with Gasteiger partial charge in [0.05, 0.1) is 5.69 Å². The number of nitrogens with two attached hydrogens (primary N) is 1. The molecular weight excluding hydrogens is 446 g/mol. The van der Waals surface area contributed by atoms with Gasteiger partial charge in [0.1, 0.15) is 11.4 Å². The lowest BCUT2D eigenvalue weighted by Crippen LogP contribution is -2.46. The molecule has 5 N–H and O–H groups in total. The van der Waals surface area contributed by atoms with Crippen LogP contribution in [0.15, 0.2) is 18.2 Å². The zero-order chi connectivity index (χ0) is 25.0. The molecule has 0 radical (unpaired) electrons. The molecule has 2 heterocycles. The van der Waals surface area contributed by atoms with E-state index in [4.69, 9.17) is 10.5 Å². The van der Waals surface area contributed by atoms with E-state index in [-0.39, 0.29) is 17.7 Å². The maximum absolute atomic E-state index is 12.3. The molecule has 2 aliphatic carbocycles. The molecule has 2 aromatic rings. The number of hydrogen-bond acceptors (Lipinski definition) is 8. The molecule has 2 aliphatic rings. The molecule has 35 heavy (non-hydrogen) atoms. The lowest BCUT2D eigenvalue weighted by Gasteiger charge is -2.33. The number of ether oxygens (including phenoxy) is 1. The predicted molar refractivity (Wildman–Crippen MR) is 134 cm³/mol. The zero-order valence-electron chi connectivity index (χ0n) is 20.7. The number of primary amides is 1. The van der Waals surface area contributed by atoms with Crippen LogP contribution in [-0.4, -0.2) is 45.4 Å². The predicted octanol–water partition coefficient (Wildman–Crippen LogP) is 3.70. The summed E-state index contributed by atoms with van der Waals surface area (Å²) in [6.07, 6.45) is 6.74. The Bertz CT molecular complexity index is 1080. The first-order valence-electron chi connectivity index (χ1n) is 12.3. The van der Waals surface area contributed by atoms with Gasteiger partial charge in [-0.05, 0) is 70.4 Å². The number of aryl methyl sites for hydroxylation is 2. The molecule has 188 valence electrons. The third-order valence-corrected chi connectivity index (χ3v) is 6.37. The lowest BCUT2D eigenvalue weighted by molar-refractivity contribution is 0.0472. The topological polar surface area (TPSA) is 144 Å². The third-order valence-electron chi connectivity index (χ3n) is 6.37. The molecule has 2 unspecified atom stereocenters. The number of hydrogen-bond donors (Lipinski definition) is 4. The van der Waals surface area contributed by atoms with Crippen molar-refractivity contribution in [3.05, 3.63) is 35.2 Å². The number of anilines is 3. The standard InChI is InChI=1S/C25H35N7O3/c1-25(2,3)35-24(34)30-18-9-5-4-7-16(18)14-27-21-13-19(22(23(26)33)32-31-21)29-20-12-11-15-8-6-10-17(15)28-20/h11-13,16,18H,4-10,14H2,1-3H3,(H2,26,33)(H,30,34)(H2,27,28,29,31). The average molecular weight is 482 g/mol. The SMILES string of the molecule is CC(C)(C)OC(=O)NC1CCCCC1CNc1cc(Nc2ccc3c(n2)CCC3)c(C(N)=O)nn1. The average Bonchev–Trinajstić information content (AvgIpc) is 3.25. The van der Waals surface area contributed by atoms with Gasteiger partial charge in [-0.2, -0.15) is 0 Å². The van der Waals surface area contributed by atoms with Gasteiger partial charge in [0.15, 0.2) is 11.5 Å². The van der Waals surface area contributed by atoms with Crippen molar-refractivity contribution in [2.24, 2.45) is 11.7 Å². The minimum atomic E-state index is -0.665. The van der Waals surface area contributed by atoms with Crippen molar-refractivity contribution in [2.75, 3.05) is 17.2 Å². The number of carbonyl (C=O) groups is 2. The second-order valence-corrected chi connectivity index (χ2v) is 10.3. The van der Waals surface area contributed by atoms with Gasteiger partial charge >= 0.3 is 6.09 Å². The summed E-state index contributed by atoms with van der Waals surface area (Å²) in [5.74, 6) is 0.701. The van der Waals surface area contributed by atoms with Gasteiger partial charge in [-0.25, -0.2) is 9.78 Å². The van der Waals surface area contributed by atoms with E-state index in [0.29, 0.717) is 23.9 Å². The summed E-state index contributed by atoms with van der Waals surface area (Å²) in [5.41, 5.74) is 7.85. The smallest absolute Gasteiger partial charge is 0.407 e. The van der Waals surface area contributed by atoms with Gasteiger partial charge in [0.25, 0.3) is 5.91 Å². The molecule has 4 rings (SSSR count). The molecule has 1 saturated carbocycles. The van der Waals surface area contributed by atoms with E-state index in [1.807, 2.05) is 26.8 Å². The Morgan fingerprint density at radius 2 is 1.89 bits per heavy atom. The number of aromatic nitrogens is 3. The highest BCUT2D eigenvalue weighted by Crippen LogP contribution is 2.27. The molecular formula is C25H35N7O3. The molecule has 2 amide bonds. The van der Waals surface area contributed by atoms with E-state index >= 15 is 0 Å². The first-order chi connectivity index (χ1) is 16.7. The summed E-state index contributed by atoms with van der Waals surface area (Å²) in [4.78, 5) is 28.9. The second kappa shape index (κ2) is 10.5. The van der Waals surface area contributed by atoms with Crippen molar-refractivity contribution in [2.45, 2.75) is 77.4 Å². The monoisotopic (exact) mass is 481 g/mol. The number of amides is 2. The summed E-state index contributed by atoms with van der Waals surface area (Å²) in [6, 6.07) is 5.70. The van der Waals surface area contributed by atoms with Crippen molar-refractivity contribution < 1.29 is 14.3 Å². The van der Waals surface area contributed by atoms with Crippen molar-refractivity contribution in [1.29, 1.82) is 0 Å². The highest BCUT2D eigenvalue weighted by Gasteiger charge is 2.28. The Morgan fingerprint density at radius 1 is 1.09 bits per heavy atom. The van der Waals surface area contributed by atoms with Crippen LogP contribution >= 0.6 is 0 Å². The van der Waals surface area contributed by atoms with Gasteiger partial charge in [-0.15, -0.1) is 10.2 Å². The molecule has 0 aromatic carbocycles. The number of rotatable bonds is 7. The second-order valence-electron chi connectivity index (χ2n) is 10.3. The Balaban J connectivity index is 1.44. The van der Waals surface area contributed by atoms with Crippen LogP contribution in [0.4, 0.5) is 22.1 Å². The largest absolute Gasteiger partial charge is 0.444 e. The van der Waals surface area contributed by atoms with Crippen LogP contribution in [0, 0.1) is 5.92 Å². The lowest BCUT2D eigenvalue weighted by atomic mass is 9.84. The van der Waals surface area contributed by atoms with Crippen LogP contribution in [0.1, 0.15) is 74.6 Å². The van der Waals surface area contributed by atoms with E-state index in [1.165, 1.54) is 5.56 Å². The molecule has 10 heteroatoms. The van der Waals surface area contributed by atoms with E-state index in [9.17, 15) is 9.59 Å². The van der Waals surface area contributed by atoms with Crippen LogP contribution in [0.5, 0.6) is 0 Å². The Hall–Kier alpha value is -3.43. The molecule has 0 bridgehead atoms. The zero-order valence-corrected chi connectivity index (χ0v) is 20.7. The molecule has 2 aromatic heterocycles. The first kappa shape index (κ1) is 24.7. The maximum atomic E-state index is 12.3. The van der Waals surface area contributed by atoms with Crippen LogP contribution in [0.25, 0.3) is 0 Å². The quantitative estimate of drug-likeness (QED) is 0.469. The maximum Gasteiger partial charge on any atom is 0.407 e. The van der Waals surface area contributed by atoms with Crippen LogP contribution in [-0.2, 0) is 17.6 Å². The van der Waals surface area contributed by atoms with E-state index < -0.39 is 17.6 Å². The summed E-state index contributed by atoms with van der Waals surface area (Å²) < 4.78 is 5.44. The highest BCUT2D eigenvalue weighted by molar-refractivity contribution is 5.97. The number of carbonyl (C=O) groups excluding carboxylic acids is 2. The number of nitrogens with one attached hydrogen (secondary N) is 3. The fraction of sp³-hybridized carbons (Fsp3) is 0.560. The number of alkyl carbamates (subject to hydrolysis) is 1. The minimum Gasteiger partial charge on any atom is -0.444 e. The summed E-state index contributed by atoms with van der Waals surface area (Å²) >= 11 is 0. The van der Waals surface area contributed by atoms with Crippen molar-refractivity contribution in [1.82, 2.24) is 20.5 Å². The molecule has 0 spiro atoms. The third kappa shape index (κ3) is 6.58. The van der Waals surface area contributed by atoms with E-state index in [1.54, 1.807) is 6.07 Å². The van der Waals surface area contributed by atoms with Gasteiger partial charge in [-0.3, -0.25) is 4.79 Å². The van der Waals surface area contributed by atoms with Crippen LogP contribution in [0.3, 0.4) is 0 Å². The minimum absolute atomic E-state index is 0.0113. The fourth-order valence-corrected chi connectivity index (χ4v) is 4.72. The van der Waals surface area contributed by atoms with Crippen molar-refractivity contribution in [3.63, 3.8) is 0 Å². The van der Waals surface area contributed by atoms with E-state index in [0.717, 1.165) is 50.6 Å². The Morgan fingerprint density at radius 3 is 2.66 bits per heavy atom. The van der Waals surface area contributed by atoms with Gasteiger partial charge in [0, 0.05) is 24.3 Å². The number of nitrogens with zero attached hydrogens (tertiary/aromatic N) is 3. The summed E-state index contributed by atoms with van der Waals surface area (Å²) in [6.45, 7) is 6.15. The van der Waals surface area contributed by atoms with Crippen LogP contribution in [0.2, 0.25) is 0 Å². The Labute approximate surface area is 205 Å². The fourth-order valence-electron chi connectivity index (χ4n) is 4.72. The molecule has 0 aliphatic heterocycles. The van der Waals surface area contributed by atoms with Gasteiger partial charge in [-0.1, -0.05) is 18.9 Å². The first-order valence-corrected chi connectivity index (χ1v) is 12.3. The number of pyridine rings is 1. The normalized spacial score (nSPS) is 19.5. The molecule has 1 fully saturated rings. The molecule has 10 nitrogen and oxygen atoms in total. The molecule has 0 saturated heterocycles. The van der Waals surface area contributed by atoms with Crippen molar-refractivity contribution in [3.8, 4) is 0 Å². The summed E-state index contributed by atoms with van der Waals surface area (Å²) in [5, 5.41) is 17.7. The molecule has 2 atom stereocenters. The van der Waals surface area contributed by atoms with Crippen molar-refractivity contribution >= 4 is 29.3 Å². The van der Waals surface area contributed by atoms with Gasteiger partial charge < -0.3 is 26.4 Å². The summed E-state index contributed by atoms with van der Waals surface area (Å²) in [7, 11) is 0. The highest BCUT2D eigenvalue weighted by atomic mass is 16.6. The van der Waals surface area contributed by atoms with Gasteiger partial charge in [0.2, 0.25) is 0 Å². The van der Waals surface area contributed by atoms with Crippen LogP contribution < -0.4 is 21.7 Å². The Kier molecular flexibility index (Phi) is 7.37. The van der Waals surface area contributed by atoms with E-state index in [2.05, 4.69) is 37.2 Å². The number of fused-ring (bicyclic) bond motifs is 1.